The van der Waals surface area contributed by atoms with Crippen LogP contribution in [0.25, 0.3) is 5.57 Å². The van der Waals surface area contributed by atoms with Crippen LogP contribution in [0.15, 0.2) is 66.8 Å². The molecule has 0 bridgehead atoms. The molecular formula is C18H16O2. The molecule has 2 N–H and O–H groups in total. The molecule has 2 nitrogen and oxygen atoms in total. The summed E-state index contributed by atoms with van der Waals surface area (Å²) in [6, 6.07) is 14.6. The van der Waals surface area contributed by atoms with Crippen molar-refractivity contribution in [2.45, 2.75) is 12.3 Å². The van der Waals surface area contributed by atoms with E-state index in [9.17, 15) is 10.2 Å². The minimum Gasteiger partial charge on any atom is -0.508 e. The number of hydrogen-bond donors (Lipinski definition) is 2. The first kappa shape index (κ1) is 12.5. The minimum absolute atomic E-state index is 0.288. The summed E-state index contributed by atoms with van der Waals surface area (Å²) in [6.45, 7) is 0. The number of hydrogen-bond acceptors (Lipinski definition) is 2. The summed E-state index contributed by atoms with van der Waals surface area (Å²) < 4.78 is 0. The molecule has 2 aromatic carbocycles. The highest BCUT2D eigenvalue weighted by atomic mass is 16.3. The fourth-order valence-corrected chi connectivity index (χ4v) is 2.46. The van der Waals surface area contributed by atoms with Crippen molar-refractivity contribution < 1.29 is 10.2 Å². The van der Waals surface area contributed by atoms with Crippen LogP contribution in [0, 0.1) is 0 Å². The molecule has 0 spiro atoms. The van der Waals surface area contributed by atoms with Crippen molar-refractivity contribution in [3.63, 3.8) is 0 Å². The molecule has 0 heterocycles. The second-order valence-corrected chi connectivity index (χ2v) is 5.00. The van der Waals surface area contributed by atoms with E-state index in [0.717, 1.165) is 12.0 Å². The standard InChI is InChI=1S/C18H16O2/c19-17-9-5-15(6-10-17)13-1-2-14(4-3-13)16-7-11-18(20)12-8-16/h1-3,5-12,14,19-20H,4H2. The molecule has 0 aliphatic heterocycles. The average molecular weight is 264 g/mol. The Morgan fingerprint density at radius 1 is 0.800 bits per heavy atom. The molecular weight excluding hydrogens is 248 g/mol. The number of phenols is 2. The lowest BCUT2D eigenvalue weighted by Gasteiger charge is -2.17. The zero-order valence-electron chi connectivity index (χ0n) is 11.0. The van der Waals surface area contributed by atoms with E-state index in [0.29, 0.717) is 11.7 Å². The minimum atomic E-state index is 0.288. The Balaban J connectivity index is 1.77. The predicted octanol–water partition coefficient (Wildman–Crippen LogP) is 4.22. The molecule has 1 aliphatic carbocycles. The van der Waals surface area contributed by atoms with Gasteiger partial charge in [-0.1, -0.05) is 42.5 Å². The molecule has 1 atom stereocenters. The van der Waals surface area contributed by atoms with Crippen molar-refractivity contribution in [1.82, 2.24) is 0 Å². The average Bonchev–Trinajstić information content (AvgIpc) is 2.49. The zero-order chi connectivity index (χ0) is 13.9. The maximum atomic E-state index is 9.32. The summed E-state index contributed by atoms with van der Waals surface area (Å²) >= 11 is 0. The van der Waals surface area contributed by atoms with Crippen molar-refractivity contribution in [2.24, 2.45) is 0 Å². The zero-order valence-corrected chi connectivity index (χ0v) is 11.0. The van der Waals surface area contributed by atoms with Gasteiger partial charge >= 0.3 is 0 Å². The van der Waals surface area contributed by atoms with Crippen molar-refractivity contribution >= 4 is 5.57 Å². The highest BCUT2D eigenvalue weighted by Crippen LogP contribution is 2.31. The molecule has 1 unspecified atom stereocenters. The van der Waals surface area contributed by atoms with Crippen molar-refractivity contribution in [3.8, 4) is 11.5 Å². The lowest BCUT2D eigenvalue weighted by Crippen LogP contribution is -1.98. The quantitative estimate of drug-likeness (QED) is 0.852. The highest BCUT2D eigenvalue weighted by molar-refractivity contribution is 5.75. The van der Waals surface area contributed by atoms with Crippen LogP contribution < -0.4 is 0 Å². The van der Waals surface area contributed by atoms with Crippen molar-refractivity contribution in [1.29, 1.82) is 0 Å². The molecule has 0 amide bonds. The fourth-order valence-electron chi connectivity index (χ4n) is 2.46. The molecule has 1 aliphatic rings. The number of benzene rings is 2. The SMILES string of the molecule is Oc1ccc(C2=CCC(c3ccc(O)cc3)C=C2)cc1. The smallest absolute Gasteiger partial charge is 0.115 e. The third-order valence-electron chi connectivity index (χ3n) is 3.62. The molecule has 2 aromatic rings. The van der Waals surface area contributed by atoms with Crippen LogP contribution in [0.2, 0.25) is 0 Å². The van der Waals surface area contributed by atoms with Crippen LogP contribution in [0.1, 0.15) is 23.5 Å². The van der Waals surface area contributed by atoms with Crippen molar-refractivity contribution in [2.75, 3.05) is 0 Å². The van der Waals surface area contributed by atoms with Crippen LogP contribution in [0.3, 0.4) is 0 Å². The van der Waals surface area contributed by atoms with Crippen LogP contribution in [-0.4, -0.2) is 10.2 Å². The Labute approximate surface area is 118 Å². The van der Waals surface area contributed by atoms with Gasteiger partial charge in [-0.05, 0) is 47.4 Å². The Morgan fingerprint density at radius 3 is 1.95 bits per heavy atom. The molecule has 0 radical (unpaired) electrons. The van der Waals surface area contributed by atoms with Gasteiger partial charge in [-0.2, -0.15) is 0 Å². The summed E-state index contributed by atoms with van der Waals surface area (Å²) in [5, 5.41) is 18.6. The number of aromatic hydroxyl groups is 2. The van der Waals surface area contributed by atoms with E-state index in [1.807, 2.05) is 24.3 Å². The van der Waals surface area contributed by atoms with Gasteiger partial charge in [0.05, 0.1) is 0 Å². The highest BCUT2D eigenvalue weighted by Gasteiger charge is 2.12. The number of rotatable bonds is 2. The largest absolute Gasteiger partial charge is 0.508 e. The van der Waals surface area contributed by atoms with Gasteiger partial charge in [0.15, 0.2) is 0 Å². The molecule has 0 saturated heterocycles. The molecule has 3 rings (SSSR count). The van der Waals surface area contributed by atoms with Crippen LogP contribution in [-0.2, 0) is 0 Å². The second kappa shape index (κ2) is 5.25. The Hall–Kier alpha value is -2.48. The van der Waals surface area contributed by atoms with Crippen LogP contribution >= 0.6 is 0 Å². The Bertz CT molecular complexity index is 649. The molecule has 20 heavy (non-hydrogen) atoms. The van der Waals surface area contributed by atoms with Gasteiger partial charge in [-0.25, -0.2) is 0 Å². The summed E-state index contributed by atoms with van der Waals surface area (Å²) in [7, 11) is 0. The number of phenolic OH excluding ortho intramolecular Hbond substituents is 2. The fraction of sp³-hybridized carbons (Fsp3) is 0.111. The lowest BCUT2D eigenvalue weighted by atomic mass is 9.88. The van der Waals surface area contributed by atoms with Crippen LogP contribution in [0.4, 0.5) is 0 Å². The van der Waals surface area contributed by atoms with Gasteiger partial charge < -0.3 is 10.2 Å². The summed E-state index contributed by atoms with van der Waals surface area (Å²) in [6.07, 6.45) is 7.46. The summed E-state index contributed by atoms with van der Waals surface area (Å²) in [5.74, 6) is 0.946. The lowest BCUT2D eigenvalue weighted by molar-refractivity contribution is 0.474. The summed E-state index contributed by atoms with van der Waals surface area (Å²) in [4.78, 5) is 0. The molecule has 0 aromatic heterocycles. The van der Waals surface area contributed by atoms with Gasteiger partial charge in [0.25, 0.3) is 0 Å². The van der Waals surface area contributed by atoms with E-state index >= 15 is 0 Å². The molecule has 0 fully saturated rings. The first-order valence-corrected chi connectivity index (χ1v) is 6.69. The third-order valence-corrected chi connectivity index (χ3v) is 3.62. The second-order valence-electron chi connectivity index (χ2n) is 5.00. The van der Waals surface area contributed by atoms with E-state index < -0.39 is 0 Å². The topological polar surface area (TPSA) is 40.5 Å². The predicted molar refractivity (Wildman–Crippen MR) is 80.7 cm³/mol. The van der Waals surface area contributed by atoms with Gasteiger partial charge in [0.1, 0.15) is 11.5 Å². The van der Waals surface area contributed by atoms with E-state index in [-0.39, 0.29) is 5.75 Å². The van der Waals surface area contributed by atoms with Gasteiger partial charge in [0, 0.05) is 5.92 Å². The number of allylic oxidation sites excluding steroid dienone is 4. The molecule has 0 saturated carbocycles. The van der Waals surface area contributed by atoms with E-state index in [1.165, 1.54) is 11.1 Å². The monoisotopic (exact) mass is 264 g/mol. The first-order valence-electron chi connectivity index (χ1n) is 6.69. The van der Waals surface area contributed by atoms with Gasteiger partial charge in [0.2, 0.25) is 0 Å². The Kier molecular flexibility index (Phi) is 3.30. The van der Waals surface area contributed by atoms with Crippen molar-refractivity contribution in [3.05, 3.63) is 77.9 Å². The van der Waals surface area contributed by atoms with E-state index in [4.69, 9.17) is 0 Å². The van der Waals surface area contributed by atoms with E-state index in [2.05, 4.69) is 18.2 Å². The van der Waals surface area contributed by atoms with Gasteiger partial charge in [-0.15, -0.1) is 0 Å². The van der Waals surface area contributed by atoms with Crippen LogP contribution in [0.5, 0.6) is 11.5 Å². The summed E-state index contributed by atoms with van der Waals surface area (Å²) in [5.41, 5.74) is 3.50. The first-order chi connectivity index (χ1) is 9.72. The molecule has 100 valence electrons. The third kappa shape index (κ3) is 2.59. The maximum absolute atomic E-state index is 9.32. The normalized spacial score (nSPS) is 17.8. The van der Waals surface area contributed by atoms with E-state index in [1.54, 1.807) is 24.3 Å². The molecule has 2 heteroatoms. The Morgan fingerprint density at radius 2 is 1.40 bits per heavy atom. The maximum Gasteiger partial charge on any atom is 0.115 e. The van der Waals surface area contributed by atoms with Gasteiger partial charge in [-0.3, -0.25) is 0 Å².